The molecular formula is C14H15FN2O4. The van der Waals surface area contributed by atoms with Crippen molar-refractivity contribution in [1.29, 1.82) is 0 Å². The number of hydrogen-bond acceptors (Lipinski definition) is 4. The number of anilines is 1. The molecule has 0 amide bonds. The summed E-state index contributed by atoms with van der Waals surface area (Å²) in [5.74, 6) is -1.42. The molecule has 0 bridgehead atoms. The molecular weight excluding hydrogens is 279 g/mol. The quantitative estimate of drug-likeness (QED) is 0.684. The third-order valence-electron chi connectivity index (χ3n) is 4.56. The second kappa shape index (κ2) is 4.98. The van der Waals surface area contributed by atoms with E-state index in [1.165, 1.54) is 6.42 Å². The standard InChI is InChI=1S/C14H15FN2O4/c15-11-5-12(13(17(20)21)4-10(11)14(18)19)16-6-8-2-1-3-9(8)7-16/h4-5,8-9H,1-3,6-7H2,(H,18,19). The van der Waals surface area contributed by atoms with E-state index in [0.29, 0.717) is 24.9 Å². The van der Waals surface area contributed by atoms with Gasteiger partial charge >= 0.3 is 5.97 Å². The largest absolute Gasteiger partial charge is 0.478 e. The zero-order valence-electron chi connectivity index (χ0n) is 11.3. The maximum atomic E-state index is 13.9. The molecule has 1 N–H and O–H groups in total. The molecule has 1 saturated heterocycles. The Hall–Kier alpha value is -2.18. The molecule has 1 aliphatic heterocycles. The molecule has 2 aliphatic rings. The van der Waals surface area contributed by atoms with E-state index in [2.05, 4.69) is 0 Å². The molecule has 21 heavy (non-hydrogen) atoms. The van der Waals surface area contributed by atoms with Gasteiger partial charge in [-0.1, -0.05) is 6.42 Å². The number of rotatable bonds is 3. The summed E-state index contributed by atoms with van der Waals surface area (Å²) in [7, 11) is 0. The summed E-state index contributed by atoms with van der Waals surface area (Å²) in [6.07, 6.45) is 3.38. The second-order valence-electron chi connectivity index (χ2n) is 5.74. The molecule has 0 spiro atoms. The maximum absolute atomic E-state index is 13.9. The third-order valence-corrected chi connectivity index (χ3v) is 4.56. The monoisotopic (exact) mass is 294 g/mol. The molecule has 2 atom stereocenters. The summed E-state index contributed by atoms with van der Waals surface area (Å²) in [4.78, 5) is 23.3. The lowest BCUT2D eigenvalue weighted by atomic mass is 10.0. The summed E-state index contributed by atoms with van der Waals surface area (Å²) in [5, 5.41) is 20.1. The van der Waals surface area contributed by atoms with E-state index in [1.807, 2.05) is 4.90 Å². The number of carbonyl (C=O) groups is 1. The van der Waals surface area contributed by atoms with Crippen LogP contribution in [0.5, 0.6) is 0 Å². The number of fused-ring (bicyclic) bond motifs is 1. The minimum absolute atomic E-state index is 0.192. The van der Waals surface area contributed by atoms with Gasteiger partial charge in [0.25, 0.3) is 5.69 Å². The number of halogens is 1. The second-order valence-corrected chi connectivity index (χ2v) is 5.74. The zero-order chi connectivity index (χ0) is 15.1. The van der Waals surface area contributed by atoms with Crippen LogP contribution in [0.3, 0.4) is 0 Å². The molecule has 0 radical (unpaired) electrons. The minimum Gasteiger partial charge on any atom is -0.478 e. The molecule has 0 aromatic heterocycles. The molecule has 112 valence electrons. The number of nitro benzene ring substituents is 1. The van der Waals surface area contributed by atoms with Gasteiger partial charge in [-0.2, -0.15) is 0 Å². The first kappa shape index (κ1) is 13.8. The molecule has 1 saturated carbocycles. The first-order chi connectivity index (χ1) is 9.97. The van der Waals surface area contributed by atoms with Crippen LogP contribution in [0, 0.1) is 27.8 Å². The van der Waals surface area contributed by atoms with Gasteiger partial charge in [-0.05, 0) is 24.7 Å². The maximum Gasteiger partial charge on any atom is 0.338 e. The molecule has 6 nitrogen and oxygen atoms in total. The van der Waals surface area contributed by atoms with Gasteiger partial charge in [-0.3, -0.25) is 10.1 Å². The zero-order valence-corrected chi connectivity index (χ0v) is 11.3. The van der Waals surface area contributed by atoms with Gasteiger partial charge in [0.2, 0.25) is 0 Å². The van der Waals surface area contributed by atoms with Crippen LogP contribution < -0.4 is 4.90 Å². The van der Waals surface area contributed by atoms with Crippen LogP contribution in [-0.4, -0.2) is 29.1 Å². The fraction of sp³-hybridized carbons (Fsp3) is 0.500. The molecule has 3 rings (SSSR count). The van der Waals surface area contributed by atoms with Crippen molar-refractivity contribution in [3.63, 3.8) is 0 Å². The summed E-state index contributed by atoms with van der Waals surface area (Å²) >= 11 is 0. The first-order valence-corrected chi connectivity index (χ1v) is 6.93. The van der Waals surface area contributed by atoms with E-state index >= 15 is 0 Å². The average molecular weight is 294 g/mol. The van der Waals surface area contributed by atoms with Gasteiger partial charge in [-0.15, -0.1) is 0 Å². The number of nitro groups is 1. The van der Waals surface area contributed by atoms with Crippen molar-refractivity contribution in [2.24, 2.45) is 11.8 Å². The fourth-order valence-electron chi connectivity index (χ4n) is 3.55. The Bertz CT molecular complexity index is 607. The van der Waals surface area contributed by atoms with Crippen molar-refractivity contribution < 1.29 is 19.2 Å². The van der Waals surface area contributed by atoms with Crippen LogP contribution in [-0.2, 0) is 0 Å². The fourth-order valence-corrected chi connectivity index (χ4v) is 3.55. The van der Waals surface area contributed by atoms with Gasteiger partial charge in [0, 0.05) is 25.2 Å². The van der Waals surface area contributed by atoms with E-state index < -0.39 is 22.3 Å². The van der Waals surface area contributed by atoms with Gasteiger partial charge in [0.05, 0.1) is 4.92 Å². The molecule has 2 unspecified atom stereocenters. The molecule has 1 aromatic rings. The molecule has 2 fully saturated rings. The van der Waals surface area contributed by atoms with Gasteiger partial charge in [0.15, 0.2) is 0 Å². The van der Waals surface area contributed by atoms with Crippen molar-refractivity contribution in [2.75, 3.05) is 18.0 Å². The number of carboxylic acids is 1. The van der Waals surface area contributed by atoms with E-state index in [1.54, 1.807) is 0 Å². The molecule has 1 heterocycles. The highest BCUT2D eigenvalue weighted by Gasteiger charge is 2.38. The van der Waals surface area contributed by atoms with E-state index in [0.717, 1.165) is 25.0 Å². The third kappa shape index (κ3) is 2.32. The van der Waals surface area contributed by atoms with Crippen molar-refractivity contribution >= 4 is 17.3 Å². The summed E-state index contributed by atoms with van der Waals surface area (Å²) < 4.78 is 13.9. The van der Waals surface area contributed by atoms with Crippen molar-refractivity contribution in [2.45, 2.75) is 19.3 Å². The number of nitrogens with zero attached hydrogens (tertiary/aromatic N) is 2. The highest BCUT2D eigenvalue weighted by molar-refractivity contribution is 5.90. The van der Waals surface area contributed by atoms with E-state index in [4.69, 9.17) is 5.11 Å². The molecule has 1 aromatic carbocycles. The van der Waals surface area contributed by atoms with Crippen LogP contribution in [0.1, 0.15) is 29.6 Å². The molecule has 1 aliphatic carbocycles. The predicted molar refractivity (Wildman–Crippen MR) is 73.1 cm³/mol. The average Bonchev–Trinajstić information content (AvgIpc) is 2.97. The van der Waals surface area contributed by atoms with Crippen molar-refractivity contribution in [1.82, 2.24) is 0 Å². The van der Waals surface area contributed by atoms with Crippen LogP contribution in [0.25, 0.3) is 0 Å². The number of aromatic carboxylic acids is 1. The number of hydrogen-bond donors (Lipinski definition) is 1. The number of benzene rings is 1. The lowest BCUT2D eigenvalue weighted by Crippen LogP contribution is -2.22. The Labute approximate surface area is 120 Å². The predicted octanol–water partition coefficient (Wildman–Crippen LogP) is 2.67. The highest BCUT2D eigenvalue weighted by Crippen LogP contribution is 2.42. The Kier molecular flexibility index (Phi) is 3.27. The first-order valence-electron chi connectivity index (χ1n) is 6.93. The SMILES string of the molecule is O=C(O)c1cc([N+](=O)[O-])c(N2CC3CCCC3C2)cc1F. The minimum atomic E-state index is -1.50. The Balaban J connectivity index is 2.00. The highest BCUT2D eigenvalue weighted by atomic mass is 19.1. The van der Waals surface area contributed by atoms with Crippen LogP contribution >= 0.6 is 0 Å². The summed E-state index contributed by atoms with van der Waals surface area (Å²) in [6, 6.07) is 1.81. The lowest BCUT2D eigenvalue weighted by molar-refractivity contribution is -0.384. The molecule has 7 heteroatoms. The van der Waals surface area contributed by atoms with Gasteiger partial charge < -0.3 is 10.0 Å². The topological polar surface area (TPSA) is 83.7 Å². The normalized spacial score (nSPS) is 24.1. The number of carboxylic acid groups (broad SMARTS) is 1. The van der Waals surface area contributed by atoms with E-state index in [9.17, 15) is 19.3 Å². The van der Waals surface area contributed by atoms with Crippen molar-refractivity contribution in [3.05, 3.63) is 33.6 Å². The van der Waals surface area contributed by atoms with Crippen molar-refractivity contribution in [3.8, 4) is 0 Å². The Morgan fingerprint density at radius 2 is 1.95 bits per heavy atom. The lowest BCUT2D eigenvalue weighted by Gasteiger charge is -2.19. The smallest absolute Gasteiger partial charge is 0.338 e. The van der Waals surface area contributed by atoms with Gasteiger partial charge in [0.1, 0.15) is 17.1 Å². The Morgan fingerprint density at radius 3 is 2.48 bits per heavy atom. The van der Waals surface area contributed by atoms with E-state index in [-0.39, 0.29) is 11.4 Å². The van der Waals surface area contributed by atoms with Crippen LogP contribution in [0.15, 0.2) is 12.1 Å². The summed E-state index contributed by atoms with van der Waals surface area (Å²) in [6.45, 7) is 1.36. The Morgan fingerprint density at radius 1 is 1.33 bits per heavy atom. The van der Waals surface area contributed by atoms with Gasteiger partial charge in [-0.25, -0.2) is 9.18 Å². The summed E-state index contributed by atoms with van der Waals surface area (Å²) in [5.41, 5.74) is -0.810. The van der Waals surface area contributed by atoms with Crippen LogP contribution in [0.2, 0.25) is 0 Å². The van der Waals surface area contributed by atoms with Crippen LogP contribution in [0.4, 0.5) is 15.8 Å².